The van der Waals surface area contributed by atoms with Crippen LogP contribution in [0.25, 0.3) is 0 Å². The Hall–Kier alpha value is -1.32. The van der Waals surface area contributed by atoms with E-state index >= 15 is 0 Å². The molecule has 1 saturated heterocycles. The van der Waals surface area contributed by atoms with Crippen LogP contribution in [0.5, 0.6) is 0 Å². The lowest BCUT2D eigenvalue weighted by molar-refractivity contribution is 0.0736. The van der Waals surface area contributed by atoms with Gasteiger partial charge in [0.05, 0.1) is 16.6 Å². The second-order valence-electron chi connectivity index (χ2n) is 4.69. The number of hydrogen-bond donors (Lipinski definition) is 0. The van der Waals surface area contributed by atoms with Crippen LogP contribution in [-0.4, -0.2) is 17.4 Å². The number of carbonyl (C=O) groups is 1. The van der Waals surface area contributed by atoms with Crippen molar-refractivity contribution >= 4 is 28.8 Å². The first kappa shape index (κ1) is 12.7. The average Bonchev–Trinajstić information content (AvgIpc) is 3.09. The number of carbonyl (C=O) groups excluding carboxylic acids is 1. The van der Waals surface area contributed by atoms with Crippen molar-refractivity contribution in [3.63, 3.8) is 0 Å². The third-order valence-corrected chi connectivity index (χ3v) is 4.58. The van der Waals surface area contributed by atoms with Gasteiger partial charge in [-0.1, -0.05) is 23.7 Å². The predicted octanol–water partition coefficient (Wildman–Crippen LogP) is 4.38. The summed E-state index contributed by atoms with van der Waals surface area (Å²) in [7, 11) is 0. The van der Waals surface area contributed by atoms with Crippen molar-refractivity contribution < 1.29 is 4.79 Å². The molecule has 0 N–H and O–H groups in total. The number of thiophene rings is 1. The summed E-state index contributed by atoms with van der Waals surface area (Å²) in [6, 6.07) is 9.58. The quantitative estimate of drug-likeness (QED) is 0.804. The number of likely N-dealkylation sites (tertiary alicyclic amines) is 1. The average molecular weight is 292 g/mol. The fourth-order valence-electron chi connectivity index (χ4n) is 2.61. The lowest BCUT2D eigenvalue weighted by Crippen LogP contribution is -2.30. The lowest BCUT2D eigenvalue weighted by atomic mass is 10.1. The molecule has 3 rings (SSSR count). The molecule has 0 radical (unpaired) electrons. The van der Waals surface area contributed by atoms with Crippen LogP contribution >= 0.6 is 22.9 Å². The maximum Gasteiger partial charge on any atom is 0.255 e. The number of benzene rings is 1. The molecule has 1 amide bonds. The van der Waals surface area contributed by atoms with E-state index in [1.807, 2.05) is 17.0 Å². The highest BCUT2D eigenvalue weighted by atomic mass is 35.5. The van der Waals surface area contributed by atoms with Gasteiger partial charge in [-0.3, -0.25) is 4.79 Å². The molecule has 19 heavy (non-hydrogen) atoms. The molecular weight excluding hydrogens is 278 g/mol. The Morgan fingerprint density at radius 2 is 2.16 bits per heavy atom. The van der Waals surface area contributed by atoms with Gasteiger partial charge < -0.3 is 4.90 Å². The van der Waals surface area contributed by atoms with Crippen LogP contribution < -0.4 is 0 Å². The molecule has 0 spiro atoms. The molecule has 1 aliphatic heterocycles. The van der Waals surface area contributed by atoms with E-state index in [2.05, 4.69) is 16.8 Å². The molecule has 1 fully saturated rings. The van der Waals surface area contributed by atoms with E-state index in [0.29, 0.717) is 10.6 Å². The van der Waals surface area contributed by atoms with Crippen molar-refractivity contribution in [2.45, 2.75) is 18.9 Å². The monoisotopic (exact) mass is 291 g/mol. The molecule has 2 heterocycles. The summed E-state index contributed by atoms with van der Waals surface area (Å²) in [5, 5.41) is 4.72. The SMILES string of the molecule is O=C(c1ccccc1Cl)N1CCCC1c1ccsc1. The molecule has 1 aliphatic rings. The Morgan fingerprint density at radius 3 is 2.89 bits per heavy atom. The van der Waals surface area contributed by atoms with E-state index in [9.17, 15) is 4.79 Å². The zero-order valence-electron chi connectivity index (χ0n) is 10.4. The molecule has 1 atom stereocenters. The second kappa shape index (κ2) is 5.35. The third kappa shape index (κ3) is 2.40. The number of halogens is 1. The summed E-state index contributed by atoms with van der Waals surface area (Å²) in [6.07, 6.45) is 2.09. The van der Waals surface area contributed by atoms with E-state index in [4.69, 9.17) is 11.6 Å². The summed E-state index contributed by atoms with van der Waals surface area (Å²) in [5.74, 6) is 0.0410. The van der Waals surface area contributed by atoms with Gasteiger partial charge in [0.1, 0.15) is 0 Å². The maximum absolute atomic E-state index is 12.6. The van der Waals surface area contributed by atoms with Crippen LogP contribution in [0.2, 0.25) is 5.02 Å². The summed E-state index contributed by atoms with van der Waals surface area (Å²) < 4.78 is 0. The number of amides is 1. The molecule has 4 heteroatoms. The largest absolute Gasteiger partial charge is 0.332 e. The van der Waals surface area contributed by atoms with Gasteiger partial charge in [-0.05, 0) is 47.4 Å². The van der Waals surface area contributed by atoms with Crippen molar-refractivity contribution in [1.82, 2.24) is 4.90 Å². The first-order valence-corrected chi connectivity index (χ1v) is 7.67. The molecule has 1 unspecified atom stereocenters. The van der Waals surface area contributed by atoms with Crippen LogP contribution in [-0.2, 0) is 0 Å². The van der Waals surface area contributed by atoms with Crippen LogP contribution in [0.1, 0.15) is 34.8 Å². The molecule has 2 aromatic rings. The van der Waals surface area contributed by atoms with E-state index in [-0.39, 0.29) is 11.9 Å². The van der Waals surface area contributed by atoms with Crippen molar-refractivity contribution in [2.75, 3.05) is 6.54 Å². The fraction of sp³-hybridized carbons (Fsp3) is 0.267. The molecule has 1 aromatic carbocycles. The lowest BCUT2D eigenvalue weighted by Gasteiger charge is -2.24. The minimum Gasteiger partial charge on any atom is -0.332 e. The smallest absolute Gasteiger partial charge is 0.255 e. The fourth-order valence-corrected chi connectivity index (χ4v) is 3.53. The van der Waals surface area contributed by atoms with E-state index in [1.165, 1.54) is 5.56 Å². The highest BCUT2D eigenvalue weighted by Gasteiger charge is 2.31. The number of nitrogens with zero attached hydrogens (tertiary/aromatic N) is 1. The standard InChI is InChI=1S/C15H14ClNOS/c16-13-5-2-1-4-12(13)15(18)17-8-3-6-14(17)11-7-9-19-10-11/h1-2,4-5,7,9-10,14H,3,6,8H2. The van der Waals surface area contributed by atoms with Gasteiger partial charge in [0.25, 0.3) is 5.91 Å². The predicted molar refractivity (Wildman–Crippen MR) is 78.8 cm³/mol. The van der Waals surface area contributed by atoms with Crippen LogP contribution in [0.4, 0.5) is 0 Å². The summed E-state index contributed by atoms with van der Waals surface area (Å²) in [4.78, 5) is 14.6. The Balaban J connectivity index is 1.89. The summed E-state index contributed by atoms with van der Waals surface area (Å²) in [5.41, 5.74) is 1.84. The normalized spacial score (nSPS) is 18.8. The zero-order valence-corrected chi connectivity index (χ0v) is 12.0. The molecule has 0 bridgehead atoms. The molecular formula is C15H14ClNOS. The van der Waals surface area contributed by atoms with Gasteiger partial charge in [0.15, 0.2) is 0 Å². The van der Waals surface area contributed by atoms with Gasteiger partial charge in [-0.25, -0.2) is 0 Å². The highest BCUT2D eigenvalue weighted by molar-refractivity contribution is 7.08. The zero-order chi connectivity index (χ0) is 13.2. The number of rotatable bonds is 2. The third-order valence-electron chi connectivity index (χ3n) is 3.55. The van der Waals surface area contributed by atoms with Crippen LogP contribution in [0.3, 0.4) is 0 Å². The van der Waals surface area contributed by atoms with Gasteiger partial charge in [0, 0.05) is 6.54 Å². The molecule has 2 nitrogen and oxygen atoms in total. The van der Waals surface area contributed by atoms with Crippen molar-refractivity contribution in [3.05, 3.63) is 57.2 Å². The molecule has 0 saturated carbocycles. The molecule has 98 valence electrons. The van der Waals surface area contributed by atoms with E-state index < -0.39 is 0 Å². The first-order valence-electron chi connectivity index (χ1n) is 6.35. The molecule has 0 aliphatic carbocycles. The van der Waals surface area contributed by atoms with Crippen molar-refractivity contribution in [2.24, 2.45) is 0 Å². The van der Waals surface area contributed by atoms with Crippen LogP contribution in [0.15, 0.2) is 41.1 Å². The van der Waals surface area contributed by atoms with Gasteiger partial charge >= 0.3 is 0 Å². The maximum atomic E-state index is 12.6. The van der Waals surface area contributed by atoms with Crippen LogP contribution in [0, 0.1) is 0 Å². The van der Waals surface area contributed by atoms with E-state index in [0.717, 1.165) is 19.4 Å². The van der Waals surface area contributed by atoms with Gasteiger partial charge in [0.2, 0.25) is 0 Å². The summed E-state index contributed by atoms with van der Waals surface area (Å²) in [6.45, 7) is 0.810. The minimum absolute atomic E-state index is 0.0410. The Bertz CT molecular complexity index is 582. The Morgan fingerprint density at radius 1 is 1.32 bits per heavy atom. The van der Waals surface area contributed by atoms with Gasteiger partial charge in [-0.2, -0.15) is 11.3 Å². The second-order valence-corrected chi connectivity index (χ2v) is 5.88. The number of hydrogen-bond acceptors (Lipinski definition) is 2. The molecule has 1 aromatic heterocycles. The van der Waals surface area contributed by atoms with Crippen molar-refractivity contribution in [3.8, 4) is 0 Å². The minimum atomic E-state index is 0.0410. The topological polar surface area (TPSA) is 20.3 Å². The summed E-state index contributed by atoms with van der Waals surface area (Å²) >= 11 is 7.80. The van der Waals surface area contributed by atoms with Crippen molar-refractivity contribution in [1.29, 1.82) is 0 Å². The van der Waals surface area contributed by atoms with E-state index in [1.54, 1.807) is 23.5 Å². The highest BCUT2D eigenvalue weighted by Crippen LogP contribution is 2.34. The Labute approximate surface area is 121 Å². The Kier molecular flexibility index (Phi) is 3.58. The van der Waals surface area contributed by atoms with Gasteiger partial charge in [-0.15, -0.1) is 0 Å². The first-order chi connectivity index (χ1) is 9.27.